The first-order valence-electron chi connectivity index (χ1n) is 9.81. The molecule has 0 bridgehead atoms. The third-order valence-corrected chi connectivity index (χ3v) is 6.07. The molecule has 0 fully saturated rings. The van der Waals surface area contributed by atoms with Gasteiger partial charge >= 0.3 is 0 Å². The highest BCUT2D eigenvalue weighted by atomic mass is 14.9. The Morgan fingerprint density at radius 3 is 2.06 bits per heavy atom. The van der Waals surface area contributed by atoms with Gasteiger partial charge in [0.2, 0.25) is 0 Å². The minimum absolute atomic E-state index is 0.128. The Morgan fingerprint density at radius 2 is 1.32 bits per heavy atom. The summed E-state index contributed by atoms with van der Waals surface area (Å²) in [6.45, 7) is 0. The summed E-state index contributed by atoms with van der Waals surface area (Å²) in [5.74, 6) is 0. The summed E-state index contributed by atoms with van der Waals surface area (Å²) in [6, 6.07) is 28.6. The zero-order chi connectivity index (χ0) is 21.1. The van der Waals surface area contributed by atoms with E-state index in [0.717, 1.165) is 43.4 Å². The van der Waals surface area contributed by atoms with Crippen molar-refractivity contribution in [3.63, 3.8) is 0 Å². The van der Waals surface area contributed by atoms with Crippen LogP contribution in [0, 0.1) is 34.0 Å². The van der Waals surface area contributed by atoms with Crippen molar-refractivity contribution >= 4 is 48.7 Å². The lowest BCUT2D eigenvalue weighted by molar-refractivity contribution is 1.28. The molecule has 0 saturated carbocycles. The quantitative estimate of drug-likeness (QED) is 0.290. The Labute approximate surface area is 177 Å². The van der Waals surface area contributed by atoms with E-state index in [1.165, 1.54) is 0 Å². The topological polar surface area (TPSA) is 75.8 Å². The Morgan fingerprint density at radius 1 is 0.613 bits per heavy atom. The normalized spacial score (nSPS) is 11.1. The van der Waals surface area contributed by atoms with Gasteiger partial charge in [0.15, 0.2) is 0 Å². The Balaban J connectivity index is 2.10. The van der Waals surface area contributed by atoms with E-state index < -0.39 is 0 Å². The molecule has 0 spiro atoms. The molecule has 2 aromatic heterocycles. The van der Waals surface area contributed by atoms with E-state index in [9.17, 15) is 15.8 Å². The van der Waals surface area contributed by atoms with Crippen molar-refractivity contribution in [2.24, 2.45) is 0 Å². The number of hydrogen-bond acceptors (Lipinski definition) is 3. The maximum Gasteiger partial charge on any atom is 0.102 e. The van der Waals surface area contributed by atoms with Crippen molar-refractivity contribution < 1.29 is 0 Å². The minimum atomic E-state index is 0.128. The van der Waals surface area contributed by atoms with Crippen LogP contribution in [-0.4, -0.2) is 4.40 Å². The lowest BCUT2D eigenvalue weighted by atomic mass is 9.91. The number of nitrogens with zero attached hydrogens (tertiary/aromatic N) is 4. The van der Waals surface area contributed by atoms with Gasteiger partial charge in [0.25, 0.3) is 0 Å². The largest absolute Gasteiger partial charge is 0.315 e. The monoisotopic (exact) mass is 392 g/mol. The molecule has 0 aliphatic rings. The summed E-state index contributed by atoms with van der Waals surface area (Å²) >= 11 is 0. The SMILES string of the molecule is N#Cc1cc2c(c(C#N)c1C#N)c1c3ccccc3ccc1c1c3ccccc3cn21. The highest BCUT2D eigenvalue weighted by Gasteiger charge is 2.21. The van der Waals surface area contributed by atoms with Gasteiger partial charge in [0.1, 0.15) is 18.2 Å². The van der Waals surface area contributed by atoms with Crippen LogP contribution < -0.4 is 0 Å². The van der Waals surface area contributed by atoms with Gasteiger partial charge in [-0.15, -0.1) is 0 Å². The second-order valence-electron chi connectivity index (χ2n) is 7.55. The van der Waals surface area contributed by atoms with Gasteiger partial charge in [0.05, 0.1) is 27.7 Å². The lowest BCUT2D eigenvalue weighted by Crippen LogP contribution is -1.98. The molecule has 6 aromatic rings. The summed E-state index contributed by atoms with van der Waals surface area (Å²) in [6.07, 6.45) is 2.04. The molecule has 0 unspecified atom stereocenters. The van der Waals surface area contributed by atoms with Gasteiger partial charge < -0.3 is 4.40 Å². The average Bonchev–Trinajstić information content (AvgIpc) is 3.22. The maximum atomic E-state index is 10.1. The summed E-state index contributed by atoms with van der Waals surface area (Å²) in [5, 5.41) is 36.5. The zero-order valence-corrected chi connectivity index (χ0v) is 16.2. The molecule has 0 amide bonds. The minimum Gasteiger partial charge on any atom is -0.315 e. The van der Waals surface area contributed by atoms with E-state index in [1.54, 1.807) is 6.07 Å². The smallest absolute Gasteiger partial charge is 0.102 e. The molecule has 140 valence electrons. The van der Waals surface area contributed by atoms with Gasteiger partial charge in [-0.3, -0.25) is 0 Å². The number of rotatable bonds is 0. The van der Waals surface area contributed by atoms with Crippen molar-refractivity contribution in [3.8, 4) is 18.2 Å². The van der Waals surface area contributed by atoms with Crippen molar-refractivity contribution in [2.45, 2.75) is 0 Å². The average molecular weight is 392 g/mol. The molecule has 0 aliphatic carbocycles. The van der Waals surface area contributed by atoms with Crippen LogP contribution in [0.15, 0.2) is 72.9 Å². The van der Waals surface area contributed by atoms with Crippen molar-refractivity contribution in [1.29, 1.82) is 15.8 Å². The molecule has 0 N–H and O–H groups in total. The van der Waals surface area contributed by atoms with E-state index in [0.29, 0.717) is 5.39 Å². The maximum absolute atomic E-state index is 10.1. The summed E-state index contributed by atoms with van der Waals surface area (Å²) in [4.78, 5) is 0. The molecule has 2 heterocycles. The van der Waals surface area contributed by atoms with Crippen molar-refractivity contribution in [3.05, 3.63) is 89.6 Å². The van der Waals surface area contributed by atoms with Crippen molar-refractivity contribution in [1.82, 2.24) is 4.40 Å². The predicted molar refractivity (Wildman–Crippen MR) is 122 cm³/mol. The molecule has 0 atom stereocenters. The fraction of sp³-hybridized carbons (Fsp3) is 0. The predicted octanol–water partition coefficient (Wildman–Crippen LogP) is 6.17. The first-order chi connectivity index (χ1) is 15.3. The van der Waals surface area contributed by atoms with Crippen LogP contribution >= 0.6 is 0 Å². The zero-order valence-electron chi connectivity index (χ0n) is 16.2. The molecular formula is C27H12N4. The van der Waals surface area contributed by atoms with Crippen LogP contribution in [0.3, 0.4) is 0 Å². The second kappa shape index (κ2) is 6.07. The third-order valence-electron chi connectivity index (χ3n) is 6.07. The molecule has 4 nitrogen and oxygen atoms in total. The van der Waals surface area contributed by atoms with Crippen LogP contribution in [0.5, 0.6) is 0 Å². The molecule has 0 aliphatic heterocycles. The number of pyridine rings is 1. The number of benzene rings is 4. The van der Waals surface area contributed by atoms with Gasteiger partial charge in [0, 0.05) is 33.1 Å². The van der Waals surface area contributed by atoms with E-state index >= 15 is 0 Å². The summed E-state index contributed by atoms with van der Waals surface area (Å²) in [7, 11) is 0. The fourth-order valence-electron chi connectivity index (χ4n) is 4.79. The summed E-state index contributed by atoms with van der Waals surface area (Å²) < 4.78 is 2.06. The first-order valence-corrected chi connectivity index (χ1v) is 9.81. The number of nitriles is 3. The van der Waals surface area contributed by atoms with Gasteiger partial charge in [-0.1, -0.05) is 60.7 Å². The summed E-state index contributed by atoms with van der Waals surface area (Å²) in [5.41, 5.74) is 2.37. The van der Waals surface area contributed by atoms with Crippen LogP contribution in [0.2, 0.25) is 0 Å². The highest BCUT2D eigenvalue weighted by molar-refractivity contribution is 6.28. The molecular weight excluding hydrogens is 380 g/mol. The number of hydrogen-bond donors (Lipinski definition) is 0. The van der Waals surface area contributed by atoms with Crippen molar-refractivity contribution in [2.75, 3.05) is 0 Å². The lowest BCUT2D eigenvalue weighted by Gasteiger charge is -2.14. The van der Waals surface area contributed by atoms with E-state index in [2.05, 4.69) is 46.9 Å². The van der Waals surface area contributed by atoms with Gasteiger partial charge in [-0.2, -0.15) is 15.8 Å². The van der Waals surface area contributed by atoms with Crippen LogP contribution in [0.25, 0.3) is 48.7 Å². The van der Waals surface area contributed by atoms with E-state index in [4.69, 9.17) is 0 Å². The Hall–Kier alpha value is -4.85. The number of aromatic nitrogens is 1. The second-order valence-corrected chi connectivity index (χ2v) is 7.55. The number of fused-ring (bicyclic) bond motifs is 10. The van der Waals surface area contributed by atoms with E-state index in [-0.39, 0.29) is 16.7 Å². The molecule has 0 saturated heterocycles. The standard InChI is InChI=1S/C27H12N4/c28-12-18-11-24-26(23(14-30)22(18)13-29)25-19-7-3-1-5-16(19)9-10-21(25)27-20-8-4-2-6-17(20)15-31(24)27/h1-11,15H. The highest BCUT2D eigenvalue weighted by Crippen LogP contribution is 2.41. The fourth-order valence-corrected chi connectivity index (χ4v) is 4.79. The molecule has 4 heteroatoms. The molecule has 0 radical (unpaired) electrons. The molecule has 4 aromatic carbocycles. The van der Waals surface area contributed by atoms with Gasteiger partial charge in [-0.05, 0) is 16.8 Å². The van der Waals surface area contributed by atoms with Crippen LogP contribution in [0.4, 0.5) is 0 Å². The van der Waals surface area contributed by atoms with Gasteiger partial charge in [-0.25, -0.2) is 0 Å². The first kappa shape index (κ1) is 17.0. The third kappa shape index (κ3) is 2.10. The Bertz CT molecular complexity index is 1870. The molecule has 6 rings (SSSR count). The van der Waals surface area contributed by atoms with E-state index in [1.807, 2.05) is 42.6 Å². The van der Waals surface area contributed by atoms with Crippen LogP contribution in [-0.2, 0) is 0 Å². The molecule has 31 heavy (non-hydrogen) atoms. The van der Waals surface area contributed by atoms with Crippen LogP contribution in [0.1, 0.15) is 16.7 Å². The Kier molecular flexibility index (Phi) is 3.34.